The minimum Gasteiger partial charge on any atom is -0.489 e. The quantitative estimate of drug-likeness (QED) is 0.909. The van der Waals surface area contributed by atoms with Gasteiger partial charge >= 0.3 is 0 Å². The smallest absolute Gasteiger partial charge is 0.119 e. The molecule has 0 atom stereocenters. The lowest BCUT2D eigenvalue weighted by Crippen LogP contribution is -2.13. The van der Waals surface area contributed by atoms with Gasteiger partial charge in [-0.25, -0.2) is 0 Å². The molecule has 20 heavy (non-hydrogen) atoms. The Morgan fingerprint density at radius 2 is 1.65 bits per heavy atom. The van der Waals surface area contributed by atoms with E-state index in [0.717, 1.165) is 11.3 Å². The first-order valence-corrected chi connectivity index (χ1v) is 7.01. The van der Waals surface area contributed by atoms with Gasteiger partial charge in [0.2, 0.25) is 0 Å². The van der Waals surface area contributed by atoms with Gasteiger partial charge in [-0.2, -0.15) is 0 Å². The fourth-order valence-electron chi connectivity index (χ4n) is 2.10. The van der Waals surface area contributed by atoms with E-state index >= 15 is 0 Å². The van der Waals surface area contributed by atoms with Gasteiger partial charge in [0.15, 0.2) is 0 Å². The van der Waals surface area contributed by atoms with Crippen LogP contribution in [0.4, 0.5) is 0 Å². The van der Waals surface area contributed by atoms with Crippen LogP contribution in [0.1, 0.15) is 37.5 Å². The molecule has 2 N–H and O–H groups in total. The first-order valence-electron chi connectivity index (χ1n) is 7.01. The van der Waals surface area contributed by atoms with Gasteiger partial charge in [-0.15, -0.1) is 0 Å². The zero-order valence-corrected chi connectivity index (χ0v) is 12.5. The van der Waals surface area contributed by atoms with E-state index < -0.39 is 0 Å². The van der Waals surface area contributed by atoms with Crippen LogP contribution in [0.3, 0.4) is 0 Å². The summed E-state index contributed by atoms with van der Waals surface area (Å²) in [6.45, 7) is 7.74. The molecule has 2 aromatic carbocycles. The van der Waals surface area contributed by atoms with Crippen LogP contribution < -0.4 is 10.5 Å². The number of nitrogens with two attached hydrogens (primary N) is 1. The van der Waals surface area contributed by atoms with Crippen molar-refractivity contribution in [3.05, 3.63) is 65.2 Å². The standard InChI is InChI=1S/C18H23NO/c1-18(2,3)16-10-9-14(12-19)15(11-16)13-20-17-7-5-4-6-8-17/h4-11H,12-13,19H2,1-3H3. The zero-order chi connectivity index (χ0) is 14.6. The minimum atomic E-state index is 0.134. The molecule has 0 unspecified atom stereocenters. The number of hydrogen-bond donors (Lipinski definition) is 1. The predicted octanol–water partition coefficient (Wildman–Crippen LogP) is 4.02. The van der Waals surface area contributed by atoms with Crippen LogP contribution in [0, 0.1) is 0 Å². The van der Waals surface area contributed by atoms with Gasteiger partial charge in [0, 0.05) is 6.54 Å². The Hall–Kier alpha value is -1.80. The van der Waals surface area contributed by atoms with E-state index in [1.54, 1.807) is 0 Å². The number of hydrogen-bond acceptors (Lipinski definition) is 2. The van der Waals surface area contributed by atoms with Crippen molar-refractivity contribution < 1.29 is 4.74 Å². The summed E-state index contributed by atoms with van der Waals surface area (Å²) in [6, 6.07) is 16.4. The molecule has 2 aromatic rings. The average Bonchev–Trinajstić information content (AvgIpc) is 2.45. The van der Waals surface area contributed by atoms with E-state index in [1.165, 1.54) is 11.1 Å². The summed E-state index contributed by atoms with van der Waals surface area (Å²) in [4.78, 5) is 0. The summed E-state index contributed by atoms with van der Waals surface area (Å²) in [5.41, 5.74) is 9.58. The number of ether oxygens (including phenoxy) is 1. The van der Waals surface area contributed by atoms with E-state index in [9.17, 15) is 0 Å². The maximum Gasteiger partial charge on any atom is 0.119 e. The molecule has 2 rings (SSSR count). The van der Waals surface area contributed by atoms with Crippen LogP contribution >= 0.6 is 0 Å². The maximum atomic E-state index is 5.85. The molecule has 0 aliphatic heterocycles. The van der Waals surface area contributed by atoms with Crippen LogP contribution in [-0.4, -0.2) is 0 Å². The van der Waals surface area contributed by atoms with E-state index in [-0.39, 0.29) is 5.41 Å². The second kappa shape index (κ2) is 6.10. The lowest BCUT2D eigenvalue weighted by molar-refractivity contribution is 0.304. The Kier molecular flexibility index (Phi) is 4.46. The molecule has 0 aliphatic carbocycles. The van der Waals surface area contributed by atoms with Gasteiger partial charge in [0.25, 0.3) is 0 Å². The third kappa shape index (κ3) is 3.61. The molecule has 0 spiro atoms. The Bertz CT molecular complexity index is 555. The first-order chi connectivity index (χ1) is 9.50. The van der Waals surface area contributed by atoms with Crippen LogP contribution in [0.15, 0.2) is 48.5 Å². The highest BCUT2D eigenvalue weighted by Gasteiger charge is 2.15. The predicted molar refractivity (Wildman–Crippen MR) is 83.8 cm³/mol. The van der Waals surface area contributed by atoms with Gasteiger partial charge < -0.3 is 10.5 Å². The van der Waals surface area contributed by atoms with Crippen molar-refractivity contribution in [3.8, 4) is 5.75 Å². The van der Waals surface area contributed by atoms with Gasteiger partial charge in [-0.3, -0.25) is 0 Å². The third-order valence-corrected chi connectivity index (χ3v) is 3.43. The summed E-state index contributed by atoms with van der Waals surface area (Å²) >= 11 is 0. The molecule has 0 heterocycles. The summed E-state index contributed by atoms with van der Waals surface area (Å²) in [5.74, 6) is 0.886. The molecule has 0 amide bonds. The van der Waals surface area contributed by atoms with Crippen LogP contribution in [0.2, 0.25) is 0 Å². The molecule has 0 aliphatic rings. The van der Waals surface area contributed by atoms with Crippen molar-refractivity contribution in [1.29, 1.82) is 0 Å². The molecule has 0 saturated carbocycles. The van der Waals surface area contributed by atoms with Crippen molar-refractivity contribution in [3.63, 3.8) is 0 Å². The Balaban J connectivity index is 2.21. The Labute approximate surface area is 121 Å². The van der Waals surface area contributed by atoms with Crippen molar-refractivity contribution >= 4 is 0 Å². The highest BCUT2D eigenvalue weighted by atomic mass is 16.5. The van der Waals surface area contributed by atoms with Gasteiger partial charge in [-0.05, 0) is 34.2 Å². The SMILES string of the molecule is CC(C)(C)c1ccc(CN)c(COc2ccccc2)c1. The second-order valence-corrected chi connectivity index (χ2v) is 6.04. The molecule has 0 bridgehead atoms. The molecule has 2 nitrogen and oxygen atoms in total. The van der Waals surface area contributed by atoms with Gasteiger partial charge in [-0.1, -0.05) is 57.2 Å². The number of para-hydroxylation sites is 1. The molecular weight excluding hydrogens is 246 g/mol. The van der Waals surface area contributed by atoms with E-state index in [2.05, 4.69) is 39.0 Å². The van der Waals surface area contributed by atoms with Crippen molar-refractivity contribution in [1.82, 2.24) is 0 Å². The summed E-state index contributed by atoms with van der Waals surface area (Å²) in [5, 5.41) is 0. The van der Waals surface area contributed by atoms with Crippen LogP contribution in [0.25, 0.3) is 0 Å². The maximum absolute atomic E-state index is 5.85. The van der Waals surface area contributed by atoms with Gasteiger partial charge in [0.1, 0.15) is 12.4 Å². The zero-order valence-electron chi connectivity index (χ0n) is 12.5. The van der Waals surface area contributed by atoms with E-state index in [1.807, 2.05) is 30.3 Å². The monoisotopic (exact) mass is 269 g/mol. The summed E-state index contributed by atoms with van der Waals surface area (Å²) < 4.78 is 5.85. The average molecular weight is 269 g/mol. The van der Waals surface area contributed by atoms with Gasteiger partial charge in [0.05, 0.1) is 0 Å². The van der Waals surface area contributed by atoms with E-state index in [4.69, 9.17) is 10.5 Å². The minimum absolute atomic E-state index is 0.134. The van der Waals surface area contributed by atoms with Crippen LogP contribution in [0.5, 0.6) is 5.75 Å². The molecule has 0 saturated heterocycles. The lowest BCUT2D eigenvalue weighted by atomic mass is 9.85. The summed E-state index contributed by atoms with van der Waals surface area (Å²) in [6.07, 6.45) is 0. The normalized spacial score (nSPS) is 11.4. The fraction of sp³-hybridized carbons (Fsp3) is 0.333. The topological polar surface area (TPSA) is 35.2 Å². The van der Waals surface area contributed by atoms with Crippen LogP contribution in [-0.2, 0) is 18.6 Å². The highest BCUT2D eigenvalue weighted by Crippen LogP contribution is 2.25. The number of benzene rings is 2. The molecule has 106 valence electrons. The molecular formula is C18H23NO. The molecule has 0 aromatic heterocycles. The highest BCUT2D eigenvalue weighted by molar-refractivity contribution is 5.35. The first kappa shape index (κ1) is 14.6. The Morgan fingerprint density at radius 3 is 2.25 bits per heavy atom. The second-order valence-electron chi connectivity index (χ2n) is 6.04. The van der Waals surface area contributed by atoms with Crippen molar-refractivity contribution in [2.24, 2.45) is 5.73 Å². The Morgan fingerprint density at radius 1 is 0.950 bits per heavy atom. The fourth-order valence-corrected chi connectivity index (χ4v) is 2.10. The lowest BCUT2D eigenvalue weighted by Gasteiger charge is -2.21. The van der Waals surface area contributed by atoms with Crippen molar-refractivity contribution in [2.75, 3.05) is 0 Å². The molecule has 2 heteroatoms. The summed E-state index contributed by atoms with van der Waals surface area (Å²) in [7, 11) is 0. The van der Waals surface area contributed by atoms with Crippen molar-refractivity contribution in [2.45, 2.75) is 39.3 Å². The molecule has 0 fully saturated rings. The third-order valence-electron chi connectivity index (χ3n) is 3.43. The molecule has 0 radical (unpaired) electrons. The largest absolute Gasteiger partial charge is 0.489 e. The van der Waals surface area contributed by atoms with E-state index in [0.29, 0.717) is 13.2 Å². The number of rotatable bonds is 4.